The summed E-state index contributed by atoms with van der Waals surface area (Å²) in [5.41, 5.74) is 9.47. The van der Waals surface area contributed by atoms with E-state index in [1.165, 1.54) is 0 Å². The molecule has 0 aliphatic rings. The number of hydrogen-bond donors (Lipinski definition) is 2. The van der Waals surface area contributed by atoms with Crippen LogP contribution in [0.5, 0.6) is 0 Å². The second-order valence-corrected chi connectivity index (χ2v) is 8.28. The van der Waals surface area contributed by atoms with Gasteiger partial charge in [-0.1, -0.05) is 17.3 Å². The third kappa shape index (κ3) is 7.36. The Bertz CT molecular complexity index is 1220. The van der Waals surface area contributed by atoms with Crippen LogP contribution >= 0.6 is 0 Å². The van der Waals surface area contributed by atoms with Gasteiger partial charge in [-0.25, -0.2) is 4.68 Å². The van der Waals surface area contributed by atoms with Crippen LogP contribution in [-0.2, 0) is 29.2 Å². The maximum atomic E-state index is 12.0. The molecule has 10 heteroatoms. The molecule has 0 radical (unpaired) electrons. The Hall–Kier alpha value is -4.28. The second-order valence-electron chi connectivity index (χ2n) is 8.28. The number of carbonyl (C=O) groups is 2. The average molecular weight is 485 g/mol. The number of carbonyl (C=O) groups excluding carboxylic acids is 2. The van der Waals surface area contributed by atoms with Crippen molar-refractivity contribution in [2.24, 2.45) is 5.73 Å². The van der Waals surface area contributed by atoms with E-state index in [0.717, 1.165) is 22.8 Å². The summed E-state index contributed by atoms with van der Waals surface area (Å²) < 4.78 is 1.70. The highest BCUT2D eigenvalue weighted by Crippen LogP contribution is 2.15. The molecule has 0 atom stereocenters. The van der Waals surface area contributed by atoms with Crippen molar-refractivity contribution in [3.8, 4) is 5.69 Å². The Kier molecular flexibility index (Phi) is 8.57. The standard InChI is InChI=1S/C26H28N8O2/c27-15-25(35)11-12-26(36)30-20-7-9-24(10-8-20)34-19-23(31-32-34)18-33(16-21-5-1-3-13-28-21)17-22-6-2-4-14-29-22/h1-10,13-14,19H,11-12,15-18,27H2,(H,30,36). The quantitative estimate of drug-likeness (QED) is 0.313. The summed E-state index contributed by atoms with van der Waals surface area (Å²) in [4.78, 5) is 34.4. The lowest BCUT2D eigenvalue weighted by Gasteiger charge is -2.20. The molecule has 0 aliphatic heterocycles. The topological polar surface area (TPSA) is 132 Å². The van der Waals surface area contributed by atoms with E-state index < -0.39 is 0 Å². The van der Waals surface area contributed by atoms with E-state index in [9.17, 15) is 9.59 Å². The Morgan fingerprint density at radius 1 is 0.833 bits per heavy atom. The zero-order chi connectivity index (χ0) is 25.2. The van der Waals surface area contributed by atoms with E-state index in [0.29, 0.717) is 25.3 Å². The number of ketones is 1. The van der Waals surface area contributed by atoms with Gasteiger partial charge in [-0.3, -0.25) is 24.5 Å². The fraction of sp³-hybridized carbons (Fsp3) is 0.231. The van der Waals surface area contributed by atoms with Crippen LogP contribution in [0.2, 0.25) is 0 Å². The fourth-order valence-electron chi connectivity index (χ4n) is 3.61. The fourth-order valence-corrected chi connectivity index (χ4v) is 3.61. The van der Waals surface area contributed by atoms with E-state index in [2.05, 4.69) is 30.5 Å². The molecule has 10 nitrogen and oxygen atoms in total. The molecule has 3 heterocycles. The Labute approximate surface area is 209 Å². The lowest BCUT2D eigenvalue weighted by molar-refractivity contribution is -0.122. The third-order valence-corrected chi connectivity index (χ3v) is 5.42. The first-order chi connectivity index (χ1) is 17.6. The van der Waals surface area contributed by atoms with Gasteiger partial charge in [0.25, 0.3) is 0 Å². The van der Waals surface area contributed by atoms with Crippen LogP contribution in [0.4, 0.5) is 5.69 Å². The average Bonchev–Trinajstić information content (AvgIpc) is 3.37. The van der Waals surface area contributed by atoms with Crippen molar-refractivity contribution in [3.63, 3.8) is 0 Å². The highest BCUT2D eigenvalue weighted by molar-refractivity contribution is 5.93. The molecule has 0 aliphatic carbocycles. The Morgan fingerprint density at radius 3 is 2.06 bits per heavy atom. The highest BCUT2D eigenvalue weighted by atomic mass is 16.2. The summed E-state index contributed by atoms with van der Waals surface area (Å²) in [7, 11) is 0. The summed E-state index contributed by atoms with van der Waals surface area (Å²) in [6.07, 6.45) is 5.71. The first-order valence-corrected chi connectivity index (χ1v) is 11.6. The van der Waals surface area contributed by atoms with Crippen molar-refractivity contribution in [2.45, 2.75) is 32.5 Å². The minimum absolute atomic E-state index is 0.0497. The molecule has 4 rings (SSSR count). The number of nitrogens with zero attached hydrogens (tertiary/aromatic N) is 6. The molecule has 1 amide bonds. The zero-order valence-corrected chi connectivity index (χ0v) is 19.8. The van der Waals surface area contributed by atoms with Gasteiger partial charge in [0.05, 0.1) is 35.5 Å². The van der Waals surface area contributed by atoms with Crippen molar-refractivity contribution in [1.82, 2.24) is 29.9 Å². The van der Waals surface area contributed by atoms with Gasteiger partial charge >= 0.3 is 0 Å². The molecule has 0 unspecified atom stereocenters. The van der Waals surface area contributed by atoms with Crippen molar-refractivity contribution in [3.05, 3.63) is 96.3 Å². The van der Waals surface area contributed by atoms with Crippen molar-refractivity contribution >= 4 is 17.4 Å². The number of benzene rings is 1. The Balaban J connectivity index is 1.40. The molecule has 1 aromatic carbocycles. The van der Waals surface area contributed by atoms with Crippen molar-refractivity contribution < 1.29 is 9.59 Å². The van der Waals surface area contributed by atoms with Gasteiger partial charge in [-0.15, -0.1) is 5.10 Å². The number of nitrogens with two attached hydrogens (primary N) is 1. The van der Waals surface area contributed by atoms with Gasteiger partial charge in [-0.05, 0) is 48.5 Å². The van der Waals surface area contributed by atoms with E-state index >= 15 is 0 Å². The summed E-state index contributed by atoms with van der Waals surface area (Å²) in [6.45, 7) is 1.82. The molecule has 4 aromatic rings. The molecule has 3 N–H and O–H groups in total. The van der Waals surface area contributed by atoms with Crippen LogP contribution < -0.4 is 11.1 Å². The number of amides is 1. The van der Waals surface area contributed by atoms with Crippen LogP contribution in [0, 0.1) is 0 Å². The van der Waals surface area contributed by atoms with Gasteiger partial charge in [0.15, 0.2) is 0 Å². The van der Waals surface area contributed by atoms with Crippen LogP contribution in [-0.4, -0.2) is 48.1 Å². The smallest absolute Gasteiger partial charge is 0.224 e. The van der Waals surface area contributed by atoms with E-state index in [1.54, 1.807) is 29.2 Å². The van der Waals surface area contributed by atoms with Gasteiger partial charge in [-0.2, -0.15) is 0 Å². The number of aromatic nitrogens is 5. The maximum Gasteiger partial charge on any atom is 0.224 e. The summed E-state index contributed by atoms with van der Waals surface area (Å²) >= 11 is 0. The zero-order valence-electron chi connectivity index (χ0n) is 19.8. The molecule has 184 valence electrons. The predicted octanol–water partition coefficient (Wildman–Crippen LogP) is 2.51. The number of nitrogens with one attached hydrogen (secondary N) is 1. The summed E-state index contributed by atoms with van der Waals surface area (Å²) in [5.74, 6) is -0.366. The van der Waals surface area contributed by atoms with Gasteiger partial charge < -0.3 is 11.1 Å². The van der Waals surface area contributed by atoms with E-state index in [-0.39, 0.29) is 31.1 Å². The molecule has 0 saturated heterocycles. The molecular formula is C26H28N8O2. The lowest BCUT2D eigenvalue weighted by Crippen LogP contribution is -2.23. The third-order valence-electron chi connectivity index (χ3n) is 5.42. The Morgan fingerprint density at radius 2 is 1.47 bits per heavy atom. The van der Waals surface area contributed by atoms with Crippen molar-refractivity contribution in [1.29, 1.82) is 0 Å². The lowest BCUT2D eigenvalue weighted by atomic mass is 10.2. The van der Waals surface area contributed by atoms with Crippen LogP contribution in [0.3, 0.4) is 0 Å². The second kappa shape index (κ2) is 12.4. The highest BCUT2D eigenvalue weighted by Gasteiger charge is 2.13. The first kappa shape index (κ1) is 24.8. The number of rotatable bonds is 12. The van der Waals surface area contributed by atoms with Crippen LogP contribution in [0.15, 0.2) is 79.3 Å². The molecule has 0 saturated carbocycles. The minimum atomic E-state index is -0.228. The van der Waals surface area contributed by atoms with Crippen molar-refractivity contribution in [2.75, 3.05) is 11.9 Å². The van der Waals surface area contributed by atoms with E-state index in [4.69, 9.17) is 5.73 Å². The van der Waals surface area contributed by atoms with E-state index in [1.807, 2.05) is 54.7 Å². The number of hydrogen-bond acceptors (Lipinski definition) is 8. The molecule has 0 spiro atoms. The van der Waals surface area contributed by atoms with Crippen LogP contribution in [0.1, 0.15) is 29.9 Å². The molecular weight excluding hydrogens is 456 g/mol. The maximum absolute atomic E-state index is 12.0. The SMILES string of the molecule is NCC(=O)CCC(=O)Nc1ccc(-n2cc(CN(Cc3ccccn3)Cc3ccccn3)nn2)cc1. The summed E-state index contributed by atoms with van der Waals surface area (Å²) in [6, 6.07) is 19.0. The molecule has 0 fully saturated rings. The van der Waals surface area contributed by atoms with Gasteiger partial charge in [0.1, 0.15) is 5.78 Å². The van der Waals surface area contributed by atoms with Crippen LogP contribution in [0.25, 0.3) is 5.69 Å². The van der Waals surface area contributed by atoms with Gasteiger partial charge in [0.2, 0.25) is 5.91 Å². The molecule has 3 aromatic heterocycles. The predicted molar refractivity (Wildman–Crippen MR) is 135 cm³/mol. The number of pyridine rings is 2. The normalized spacial score (nSPS) is 10.9. The largest absolute Gasteiger partial charge is 0.326 e. The van der Waals surface area contributed by atoms with Gasteiger partial charge in [0, 0.05) is 50.6 Å². The molecule has 0 bridgehead atoms. The number of anilines is 1. The first-order valence-electron chi connectivity index (χ1n) is 11.6. The number of Topliss-reactive ketones (excluding diaryl/α,β-unsaturated/α-hetero) is 1. The minimum Gasteiger partial charge on any atom is -0.326 e. The monoisotopic (exact) mass is 484 g/mol. The summed E-state index contributed by atoms with van der Waals surface area (Å²) in [5, 5.41) is 11.4. The molecule has 36 heavy (non-hydrogen) atoms.